The third-order valence-electron chi connectivity index (χ3n) is 2.79. The molecule has 0 radical (unpaired) electrons. The quantitative estimate of drug-likeness (QED) is 0.560. The van der Waals surface area contributed by atoms with Gasteiger partial charge in [-0.1, -0.05) is 32.0 Å². The van der Waals surface area contributed by atoms with Gasteiger partial charge in [0, 0.05) is 0 Å². The zero-order chi connectivity index (χ0) is 15.6. The van der Waals surface area contributed by atoms with Crippen molar-refractivity contribution in [1.82, 2.24) is 5.48 Å². The summed E-state index contributed by atoms with van der Waals surface area (Å²) >= 11 is 0. The van der Waals surface area contributed by atoms with Crippen molar-refractivity contribution in [3.63, 3.8) is 0 Å². The van der Waals surface area contributed by atoms with Crippen LogP contribution >= 0.6 is 0 Å². The summed E-state index contributed by atoms with van der Waals surface area (Å²) in [5.74, 6) is 2.94. The Morgan fingerprint density at radius 2 is 1.50 bits per heavy atom. The molecular weight excluding hydrogens is 278 g/mol. The molecule has 2 aromatic rings. The summed E-state index contributed by atoms with van der Waals surface area (Å²) in [7, 11) is 0. The molecule has 0 aliphatic rings. The monoisotopic (exact) mass is 301 g/mol. The Kier molecular flexibility index (Phi) is 6.74. The van der Waals surface area contributed by atoms with Crippen molar-refractivity contribution in [2.45, 2.75) is 13.8 Å². The highest BCUT2D eigenvalue weighted by Gasteiger charge is 1.98. The first-order chi connectivity index (χ1) is 10.7. The van der Waals surface area contributed by atoms with Crippen molar-refractivity contribution in [3.05, 3.63) is 54.6 Å². The topological polar surface area (TPSA) is 39.7 Å². The highest BCUT2D eigenvalue weighted by atomic mass is 16.6. The Labute approximate surface area is 132 Å². The summed E-state index contributed by atoms with van der Waals surface area (Å²) in [5.41, 5.74) is 2.88. The Balaban J connectivity index is 1.68. The van der Waals surface area contributed by atoms with Gasteiger partial charge in [0.05, 0.1) is 13.2 Å². The standard InChI is InChI=1S/C18H23NO3/c1-15(2)14-21-19-12-13-20-16-8-10-18(11-9-16)22-17-6-4-3-5-7-17/h3-11,15,19H,12-14H2,1-2H3. The Hall–Kier alpha value is -2.04. The summed E-state index contributed by atoms with van der Waals surface area (Å²) in [5, 5.41) is 0. The van der Waals surface area contributed by atoms with Crippen molar-refractivity contribution in [2.24, 2.45) is 5.92 Å². The molecule has 0 aliphatic heterocycles. The lowest BCUT2D eigenvalue weighted by atomic mass is 10.2. The number of nitrogens with one attached hydrogen (secondary N) is 1. The predicted octanol–water partition coefficient (Wildman–Crippen LogP) is 4.03. The molecule has 0 bridgehead atoms. The van der Waals surface area contributed by atoms with E-state index in [1.807, 2.05) is 54.6 Å². The average Bonchev–Trinajstić information content (AvgIpc) is 2.53. The zero-order valence-electron chi connectivity index (χ0n) is 13.1. The van der Waals surface area contributed by atoms with Crippen LogP contribution in [0.1, 0.15) is 13.8 Å². The highest BCUT2D eigenvalue weighted by molar-refractivity contribution is 5.35. The molecule has 0 amide bonds. The van der Waals surface area contributed by atoms with Crippen LogP contribution in [0.15, 0.2) is 54.6 Å². The maximum Gasteiger partial charge on any atom is 0.127 e. The lowest BCUT2D eigenvalue weighted by molar-refractivity contribution is 0.0180. The van der Waals surface area contributed by atoms with Crippen LogP contribution in [0.5, 0.6) is 17.2 Å². The molecule has 1 N–H and O–H groups in total. The van der Waals surface area contributed by atoms with E-state index in [1.165, 1.54) is 0 Å². The van der Waals surface area contributed by atoms with Crippen LogP contribution in [0, 0.1) is 5.92 Å². The molecule has 0 spiro atoms. The van der Waals surface area contributed by atoms with Crippen LogP contribution in [0.4, 0.5) is 0 Å². The number of ether oxygens (including phenoxy) is 2. The maximum atomic E-state index is 5.73. The Bertz CT molecular complexity index is 526. The molecule has 0 saturated heterocycles. The minimum Gasteiger partial charge on any atom is -0.492 e. The number of hydrogen-bond acceptors (Lipinski definition) is 4. The fourth-order valence-electron chi connectivity index (χ4n) is 1.74. The number of hydroxylamine groups is 1. The van der Waals surface area contributed by atoms with Gasteiger partial charge in [-0.25, -0.2) is 0 Å². The van der Waals surface area contributed by atoms with Gasteiger partial charge in [-0.15, -0.1) is 0 Å². The van der Waals surface area contributed by atoms with Crippen molar-refractivity contribution < 1.29 is 14.3 Å². The van der Waals surface area contributed by atoms with Gasteiger partial charge in [0.2, 0.25) is 0 Å². The van der Waals surface area contributed by atoms with Gasteiger partial charge in [0.1, 0.15) is 23.9 Å². The van der Waals surface area contributed by atoms with E-state index in [0.29, 0.717) is 25.7 Å². The molecule has 0 aromatic heterocycles. The second kappa shape index (κ2) is 9.07. The van der Waals surface area contributed by atoms with E-state index in [0.717, 1.165) is 17.2 Å². The van der Waals surface area contributed by atoms with Gasteiger partial charge >= 0.3 is 0 Å². The van der Waals surface area contributed by atoms with Crippen molar-refractivity contribution in [1.29, 1.82) is 0 Å². The van der Waals surface area contributed by atoms with Crippen LogP contribution in [-0.2, 0) is 4.84 Å². The first-order valence-electron chi connectivity index (χ1n) is 7.54. The Morgan fingerprint density at radius 3 is 2.18 bits per heavy atom. The molecule has 4 heteroatoms. The van der Waals surface area contributed by atoms with Crippen LogP contribution in [0.2, 0.25) is 0 Å². The number of rotatable bonds is 9. The van der Waals surface area contributed by atoms with Crippen molar-refractivity contribution in [3.8, 4) is 17.2 Å². The van der Waals surface area contributed by atoms with E-state index in [1.54, 1.807) is 0 Å². The van der Waals surface area contributed by atoms with Crippen LogP contribution < -0.4 is 15.0 Å². The van der Waals surface area contributed by atoms with E-state index in [2.05, 4.69) is 19.3 Å². The molecule has 0 saturated carbocycles. The summed E-state index contributed by atoms with van der Waals surface area (Å²) in [4.78, 5) is 5.27. The molecule has 2 rings (SSSR count). The summed E-state index contributed by atoms with van der Waals surface area (Å²) in [6.45, 7) is 6.12. The molecule has 0 aliphatic carbocycles. The minimum absolute atomic E-state index is 0.519. The van der Waals surface area contributed by atoms with E-state index >= 15 is 0 Å². The first-order valence-corrected chi connectivity index (χ1v) is 7.54. The normalized spacial score (nSPS) is 10.7. The SMILES string of the molecule is CC(C)CONCCOc1ccc(Oc2ccccc2)cc1. The van der Waals surface area contributed by atoms with Gasteiger partial charge in [-0.05, 0) is 42.3 Å². The largest absolute Gasteiger partial charge is 0.492 e. The van der Waals surface area contributed by atoms with Gasteiger partial charge in [0.25, 0.3) is 0 Å². The molecule has 2 aromatic carbocycles. The second-order valence-electron chi connectivity index (χ2n) is 5.33. The smallest absolute Gasteiger partial charge is 0.127 e. The molecule has 0 heterocycles. The van der Waals surface area contributed by atoms with Crippen molar-refractivity contribution in [2.75, 3.05) is 19.8 Å². The number of hydrogen-bond donors (Lipinski definition) is 1. The maximum absolute atomic E-state index is 5.73. The van der Waals surface area contributed by atoms with E-state index in [4.69, 9.17) is 14.3 Å². The van der Waals surface area contributed by atoms with Crippen molar-refractivity contribution >= 4 is 0 Å². The molecule has 0 atom stereocenters. The number of para-hydroxylation sites is 1. The van der Waals surface area contributed by atoms with Crippen LogP contribution in [0.25, 0.3) is 0 Å². The number of benzene rings is 2. The third kappa shape index (κ3) is 6.16. The fraction of sp³-hybridized carbons (Fsp3) is 0.333. The summed E-state index contributed by atoms with van der Waals surface area (Å²) in [6.07, 6.45) is 0. The zero-order valence-corrected chi connectivity index (χ0v) is 13.1. The Morgan fingerprint density at radius 1 is 0.864 bits per heavy atom. The minimum atomic E-state index is 0.519. The first kappa shape index (κ1) is 16.3. The molecule has 0 fully saturated rings. The van der Waals surface area contributed by atoms with Crippen LogP contribution in [-0.4, -0.2) is 19.8 Å². The van der Waals surface area contributed by atoms with Gasteiger partial charge < -0.3 is 14.3 Å². The second-order valence-corrected chi connectivity index (χ2v) is 5.33. The van der Waals surface area contributed by atoms with E-state index < -0.39 is 0 Å². The van der Waals surface area contributed by atoms with Gasteiger partial charge in [-0.2, -0.15) is 5.48 Å². The highest BCUT2D eigenvalue weighted by Crippen LogP contribution is 2.23. The van der Waals surface area contributed by atoms with Gasteiger partial charge in [-0.3, -0.25) is 0 Å². The lowest BCUT2D eigenvalue weighted by Crippen LogP contribution is -2.23. The van der Waals surface area contributed by atoms with Crippen LogP contribution in [0.3, 0.4) is 0 Å². The van der Waals surface area contributed by atoms with E-state index in [9.17, 15) is 0 Å². The molecule has 22 heavy (non-hydrogen) atoms. The summed E-state index contributed by atoms with van der Waals surface area (Å²) in [6, 6.07) is 17.3. The fourth-order valence-corrected chi connectivity index (χ4v) is 1.74. The average molecular weight is 301 g/mol. The third-order valence-corrected chi connectivity index (χ3v) is 2.79. The molecular formula is C18H23NO3. The van der Waals surface area contributed by atoms with E-state index in [-0.39, 0.29) is 0 Å². The lowest BCUT2D eigenvalue weighted by Gasteiger charge is -2.10. The predicted molar refractivity (Wildman–Crippen MR) is 87.2 cm³/mol. The summed E-state index contributed by atoms with van der Waals surface area (Å²) < 4.78 is 11.3. The molecule has 118 valence electrons. The van der Waals surface area contributed by atoms with Gasteiger partial charge in [0.15, 0.2) is 0 Å². The molecule has 4 nitrogen and oxygen atoms in total. The molecule has 0 unspecified atom stereocenters.